The van der Waals surface area contributed by atoms with Gasteiger partial charge in [-0.05, 0) is 60.4 Å². The molecule has 1 aromatic heterocycles. The number of thiazole rings is 1. The fourth-order valence-corrected chi connectivity index (χ4v) is 5.59. The van der Waals surface area contributed by atoms with E-state index >= 15 is 0 Å². The number of amides is 1. The zero-order chi connectivity index (χ0) is 26.1. The van der Waals surface area contributed by atoms with Gasteiger partial charge in [0.05, 0.1) is 16.5 Å². The van der Waals surface area contributed by atoms with Crippen LogP contribution in [0.15, 0.2) is 48.7 Å². The molecule has 0 bridgehead atoms. The van der Waals surface area contributed by atoms with Crippen LogP contribution in [0.3, 0.4) is 0 Å². The second kappa shape index (κ2) is 13.6. The van der Waals surface area contributed by atoms with Crippen LogP contribution >= 0.6 is 23.1 Å². The summed E-state index contributed by atoms with van der Waals surface area (Å²) in [6.45, 7) is 8.41. The third-order valence-corrected chi connectivity index (χ3v) is 7.78. The SMILES string of the molecule is CCCC(NC(=O)c1ccc(COC(CSCC)c2cnc(C)s2)cc1-c1ccccc1C)C(=O)O. The normalized spacial score (nSPS) is 12.8. The highest BCUT2D eigenvalue weighted by Crippen LogP contribution is 2.31. The Balaban J connectivity index is 1.90. The molecular weight excluding hydrogens is 492 g/mol. The Morgan fingerprint density at radius 3 is 2.56 bits per heavy atom. The van der Waals surface area contributed by atoms with E-state index in [0.29, 0.717) is 25.0 Å². The Labute approximate surface area is 221 Å². The summed E-state index contributed by atoms with van der Waals surface area (Å²) in [4.78, 5) is 30.3. The molecule has 0 spiro atoms. The molecule has 2 atom stereocenters. The molecule has 0 aliphatic rings. The molecule has 2 N–H and O–H groups in total. The summed E-state index contributed by atoms with van der Waals surface area (Å²) >= 11 is 3.48. The van der Waals surface area contributed by atoms with Crippen LogP contribution < -0.4 is 5.32 Å². The number of carboxylic acid groups (broad SMARTS) is 1. The number of nitrogens with one attached hydrogen (secondary N) is 1. The van der Waals surface area contributed by atoms with Gasteiger partial charge >= 0.3 is 5.97 Å². The van der Waals surface area contributed by atoms with Crippen molar-refractivity contribution in [2.75, 3.05) is 11.5 Å². The van der Waals surface area contributed by atoms with Crippen molar-refractivity contribution in [1.29, 1.82) is 0 Å². The first-order valence-electron chi connectivity index (χ1n) is 12.2. The first kappa shape index (κ1) is 27.9. The van der Waals surface area contributed by atoms with Gasteiger partial charge in [0, 0.05) is 17.5 Å². The van der Waals surface area contributed by atoms with Gasteiger partial charge in [-0.25, -0.2) is 9.78 Å². The van der Waals surface area contributed by atoms with Gasteiger partial charge in [-0.15, -0.1) is 11.3 Å². The summed E-state index contributed by atoms with van der Waals surface area (Å²) in [7, 11) is 0. The van der Waals surface area contributed by atoms with Crippen molar-refractivity contribution in [1.82, 2.24) is 10.3 Å². The lowest BCUT2D eigenvalue weighted by molar-refractivity contribution is -0.139. The van der Waals surface area contributed by atoms with Crippen LogP contribution in [0.5, 0.6) is 0 Å². The van der Waals surface area contributed by atoms with Crippen LogP contribution in [0.2, 0.25) is 0 Å². The van der Waals surface area contributed by atoms with Crippen LogP contribution in [0.1, 0.15) is 64.2 Å². The lowest BCUT2D eigenvalue weighted by atomic mass is 9.93. The Hall–Kier alpha value is -2.68. The number of hydrogen-bond donors (Lipinski definition) is 2. The summed E-state index contributed by atoms with van der Waals surface area (Å²) in [5.41, 5.74) is 4.13. The van der Waals surface area contributed by atoms with Crippen molar-refractivity contribution >= 4 is 35.0 Å². The molecule has 0 saturated heterocycles. The molecule has 1 amide bonds. The number of nitrogens with zero attached hydrogens (tertiary/aromatic N) is 1. The standard InChI is InChI=1S/C28H34N2O4S2/c1-5-9-24(28(32)33)30-27(31)22-13-12-20(14-23(22)21-11-8-7-10-18(21)3)16-34-25(17-35-6-2)26-15-29-19(4)36-26/h7-8,10-15,24-25H,5-6,9,16-17H2,1-4H3,(H,30,31)(H,32,33). The molecule has 192 valence electrons. The number of carbonyl (C=O) groups excluding carboxylic acids is 1. The number of carbonyl (C=O) groups is 2. The molecule has 6 nitrogen and oxygen atoms in total. The third kappa shape index (κ3) is 7.41. The minimum Gasteiger partial charge on any atom is -0.480 e. The van der Waals surface area contributed by atoms with Gasteiger partial charge in [-0.2, -0.15) is 11.8 Å². The van der Waals surface area contributed by atoms with Crippen molar-refractivity contribution in [2.24, 2.45) is 0 Å². The Morgan fingerprint density at radius 2 is 1.92 bits per heavy atom. The summed E-state index contributed by atoms with van der Waals surface area (Å²) < 4.78 is 6.35. The van der Waals surface area contributed by atoms with Crippen molar-refractivity contribution in [3.8, 4) is 11.1 Å². The first-order chi connectivity index (χ1) is 17.3. The lowest BCUT2D eigenvalue weighted by Gasteiger charge is -2.19. The highest BCUT2D eigenvalue weighted by atomic mass is 32.2. The minimum absolute atomic E-state index is 0.0589. The number of aliphatic carboxylic acids is 1. The van der Waals surface area contributed by atoms with Gasteiger partial charge in [0.25, 0.3) is 5.91 Å². The Bertz CT molecular complexity index is 1180. The van der Waals surface area contributed by atoms with Crippen molar-refractivity contribution in [3.05, 3.63) is 75.2 Å². The monoisotopic (exact) mass is 526 g/mol. The average Bonchev–Trinajstić information content (AvgIpc) is 3.29. The number of hydrogen-bond acceptors (Lipinski definition) is 6. The maximum atomic E-state index is 13.2. The number of aryl methyl sites for hydroxylation is 2. The van der Waals surface area contributed by atoms with Crippen LogP contribution in [0.4, 0.5) is 0 Å². The van der Waals surface area contributed by atoms with Gasteiger partial charge in [0.15, 0.2) is 0 Å². The second-order valence-electron chi connectivity index (χ2n) is 8.59. The summed E-state index contributed by atoms with van der Waals surface area (Å²) in [6.07, 6.45) is 2.87. The number of benzene rings is 2. The van der Waals surface area contributed by atoms with Gasteiger partial charge < -0.3 is 15.2 Å². The first-order valence-corrected chi connectivity index (χ1v) is 14.1. The van der Waals surface area contributed by atoms with Crippen molar-refractivity contribution in [2.45, 2.75) is 59.3 Å². The average molecular weight is 527 g/mol. The van der Waals surface area contributed by atoms with E-state index in [-0.39, 0.29) is 12.0 Å². The molecule has 0 saturated carbocycles. The topological polar surface area (TPSA) is 88.5 Å². The van der Waals surface area contributed by atoms with Crippen LogP contribution in [-0.2, 0) is 16.1 Å². The number of thioether (sulfide) groups is 1. The highest BCUT2D eigenvalue weighted by Gasteiger charge is 2.23. The molecule has 0 aliphatic carbocycles. The Kier molecular flexibility index (Phi) is 10.5. The van der Waals surface area contributed by atoms with Crippen LogP contribution in [0, 0.1) is 13.8 Å². The smallest absolute Gasteiger partial charge is 0.326 e. The zero-order valence-electron chi connectivity index (χ0n) is 21.2. The second-order valence-corrected chi connectivity index (χ2v) is 11.2. The van der Waals surface area contributed by atoms with Gasteiger partial charge in [-0.1, -0.05) is 50.6 Å². The Morgan fingerprint density at radius 1 is 1.14 bits per heavy atom. The molecule has 1 heterocycles. The predicted octanol–water partition coefficient (Wildman–Crippen LogP) is 6.42. The molecule has 8 heteroatoms. The van der Waals surface area contributed by atoms with E-state index in [9.17, 15) is 14.7 Å². The number of aromatic nitrogens is 1. The molecule has 0 fully saturated rings. The fraction of sp³-hybridized carbons (Fsp3) is 0.393. The van der Waals surface area contributed by atoms with E-state index in [1.54, 1.807) is 17.4 Å². The van der Waals surface area contributed by atoms with E-state index in [4.69, 9.17) is 4.74 Å². The van der Waals surface area contributed by atoms with E-state index in [0.717, 1.165) is 43.6 Å². The largest absolute Gasteiger partial charge is 0.480 e. The summed E-state index contributed by atoms with van der Waals surface area (Å²) in [5.74, 6) is 0.437. The maximum absolute atomic E-state index is 13.2. The number of rotatable bonds is 13. The maximum Gasteiger partial charge on any atom is 0.326 e. The zero-order valence-corrected chi connectivity index (χ0v) is 22.9. The molecular formula is C28H34N2O4S2. The molecule has 0 radical (unpaired) electrons. The summed E-state index contributed by atoms with van der Waals surface area (Å²) in [6, 6.07) is 12.6. The van der Waals surface area contributed by atoms with Crippen molar-refractivity contribution < 1.29 is 19.4 Å². The minimum atomic E-state index is -1.03. The van der Waals surface area contributed by atoms with E-state index in [2.05, 4.69) is 17.2 Å². The molecule has 3 aromatic rings. The van der Waals surface area contributed by atoms with Crippen LogP contribution in [-0.4, -0.2) is 39.5 Å². The predicted molar refractivity (Wildman–Crippen MR) is 148 cm³/mol. The van der Waals surface area contributed by atoms with Gasteiger partial charge in [-0.3, -0.25) is 4.79 Å². The molecule has 0 aliphatic heterocycles. The van der Waals surface area contributed by atoms with Gasteiger partial charge in [0.2, 0.25) is 0 Å². The number of ether oxygens (including phenoxy) is 1. The quantitative estimate of drug-likeness (QED) is 0.267. The van der Waals surface area contributed by atoms with E-state index in [1.165, 1.54) is 0 Å². The molecule has 3 rings (SSSR count). The molecule has 2 aromatic carbocycles. The lowest BCUT2D eigenvalue weighted by Crippen LogP contribution is -2.40. The highest BCUT2D eigenvalue weighted by molar-refractivity contribution is 7.99. The van der Waals surface area contributed by atoms with Crippen molar-refractivity contribution in [3.63, 3.8) is 0 Å². The third-order valence-electron chi connectivity index (χ3n) is 5.83. The molecule has 36 heavy (non-hydrogen) atoms. The molecule has 2 unspecified atom stereocenters. The fourth-order valence-electron chi connectivity index (χ4n) is 3.92. The summed E-state index contributed by atoms with van der Waals surface area (Å²) in [5, 5.41) is 13.2. The van der Waals surface area contributed by atoms with Gasteiger partial charge in [0.1, 0.15) is 12.1 Å². The van der Waals surface area contributed by atoms with E-state index < -0.39 is 12.0 Å². The van der Waals surface area contributed by atoms with E-state index in [1.807, 2.05) is 75.1 Å². The number of carboxylic acids is 1. The van der Waals surface area contributed by atoms with Crippen LogP contribution in [0.25, 0.3) is 11.1 Å².